The number of ketones is 1. The first-order valence-corrected chi connectivity index (χ1v) is 7.59. The van der Waals surface area contributed by atoms with Crippen LogP contribution in [-0.4, -0.2) is 10.9 Å². The number of hydrogen-bond acceptors (Lipinski definition) is 2. The van der Waals surface area contributed by atoms with Gasteiger partial charge in [-0.05, 0) is 76.9 Å². The number of allylic oxidation sites excluding steroid dienone is 2. The summed E-state index contributed by atoms with van der Waals surface area (Å²) in [6.45, 7) is 1.98. The third-order valence-corrected chi connectivity index (χ3v) is 6.09. The van der Waals surface area contributed by atoms with Crippen molar-refractivity contribution in [2.45, 2.75) is 32.6 Å². The van der Waals surface area contributed by atoms with E-state index in [9.17, 15) is 9.90 Å². The van der Waals surface area contributed by atoms with Gasteiger partial charge in [0.1, 0.15) is 5.75 Å². The molecular weight excluding hydrogens is 304 g/mol. The lowest BCUT2D eigenvalue weighted by atomic mass is 9.74. The van der Waals surface area contributed by atoms with E-state index in [0.29, 0.717) is 5.75 Å². The number of phenols is 1. The van der Waals surface area contributed by atoms with Gasteiger partial charge >= 0.3 is 0 Å². The topological polar surface area (TPSA) is 37.3 Å². The van der Waals surface area contributed by atoms with Crippen LogP contribution in [0.2, 0.25) is 0 Å². The highest BCUT2D eigenvalue weighted by molar-refractivity contribution is 9.12. The summed E-state index contributed by atoms with van der Waals surface area (Å²) in [4.78, 5) is 12.3. The molecule has 3 aliphatic rings. The molecule has 3 heteroatoms. The van der Waals surface area contributed by atoms with Crippen LogP contribution in [0.1, 0.15) is 36.0 Å². The van der Waals surface area contributed by atoms with Crippen molar-refractivity contribution < 1.29 is 9.90 Å². The number of phenolic OH excluding ortho intramolecular Hbond substituents is 1. The predicted octanol–water partition coefficient (Wildman–Crippen LogP) is 3.73. The smallest absolute Gasteiger partial charge is 0.173 e. The molecule has 1 fully saturated rings. The van der Waals surface area contributed by atoms with E-state index in [-0.39, 0.29) is 17.1 Å². The average molecular weight is 319 g/mol. The molecule has 98 valence electrons. The number of halogens is 1. The summed E-state index contributed by atoms with van der Waals surface area (Å²) in [6.07, 6.45) is 4.08. The number of carbonyl (C=O) groups excluding carboxylic acids is 1. The highest BCUT2D eigenvalue weighted by atomic mass is 79.9. The second-order valence-electron chi connectivity index (χ2n) is 6.19. The van der Waals surface area contributed by atoms with E-state index in [4.69, 9.17) is 0 Å². The Kier molecular flexibility index (Phi) is 2.17. The van der Waals surface area contributed by atoms with Gasteiger partial charge in [-0.1, -0.05) is 6.07 Å². The van der Waals surface area contributed by atoms with Gasteiger partial charge in [0.2, 0.25) is 0 Å². The fraction of sp³-hybridized carbons (Fsp3) is 0.438. The molecular formula is C16H15BrO2. The SMILES string of the molecule is Cc1c(O)ccc2c1CC13CCC(C1)C(=O)C(Br)=C23. The molecule has 1 saturated carbocycles. The lowest BCUT2D eigenvalue weighted by molar-refractivity contribution is -0.118. The van der Waals surface area contributed by atoms with Crippen LogP contribution in [0.15, 0.2) is 16.6 Å². The molecule has 2 bridgehead atoms. The molecule has 2 unspecified atom stereocenters. The van der Waals surface area contributed by atoms with Crippen LogP contribution in [0.25, 0.3) is 5.57 Å². The molecule has 4 rings (SSSR count). The largest absolute Gasteiger partial charge is 0.508 e. The molecule has 0 aromatic heterocycles. The van der Waals surface area contributed by atoms with Gasteiger partial charge < -0.3 is 5.11 Å². The summed E-state index contributed by atoms with van der Waals surface area (Å²) < 4.78 is 0.796. The lowest BCUT2D eigenvalue weighted by Gasteiger charge is -2.30. The van der Waals surface area contributed by atoms with Crippen molar-refractivity contribution in [3.8, 4) is 5.75 Å². The summed E-state index contributed by atoms with van der Waals surface area (Å²) in [5, 5.41) is 9.91. The van der Waals surface area contributed by atoms with Crippen LogP contribution in [0.5, 0.6) is 5.75 Å². The molecule has 1 spiro atoms. The van der Waals surface area contributed by atoms with Crippen molar-refractivity contribution in [1.29, 1.82) is 0 Å². The Morgan fingerprint density at radius 3 is 3.00 bits per heavy atom. The standard InChI is InChI=1S/C16H15BrO2/c1-8-11-7-16-5-4-9(6-16)15(19)14(17)13(16)10(11)2-3-12(8)18/h2-3,9,18H,4-7H2,1H3. The van der Waals surface area contributed by atoms with E-state index >= 15 is 0 Å². The molecule has 0 saturated heterocycles. The molecule has 1 N–H and O–H groups in total. The Morgan fingerprint density at radius 1 is 1.42 bits per heavy atom. The summed E-state index contributed by atoms with van der Waals surface area (Å²) in [5.41, 5.74) is 4.76. The molecule has 0 aliphatic heterocycles. The third-order valence-electron chi connectivity index (χ3n) is 5.30. The molecule has 0 heterocycles. The van der Waals surface area contributed by atoms with Gasteiger partial charge in [-0.3, -0.25) is 4.79 Å². The van der Waals surface area contributed by atoms with Gasteiger partial charge in [-0.25, -0.2) is 0 Å². The maximum Gasteiger partial charge on any atom is 0.173 e. The molecule has 0 radical (unpaired) electrons. The Hall–Kier alpha value is -1.09. The van der Waals surface area contributed by atoms with Crippen molar-refractivity contribution in [2.24, 2.45) is 11.3 Å². The van der Waals surface area contributed by atoms with E-state index in [1.54, 1.807) is 6.07 Å². The maximum absolute atomic E-state index is 12.3. The highest BCUT2D eigenvalue weighted by Crippen LogP contribution is 2.63. The Balaban J connectivity index is 2.03. The first-order chi connectivity index (χ1) is 9.03. The predicted molar refractivity (Wildman–Crippen MR) is 77.2 cm³/mol. The number of hydrogen-bond donors (Lipinski definition) is 1. The van der Waals surface area contributed by atoms with Crippen LogP contribution in [0, 0.1) is 18.3 Å². The summed E-state index contributed by atoms with van der Waals surface area (Å²) in [7, 11) is 0. The van der Waals surface area contributed by atoms with Gasteiger partial charge in [0.25, 0.3) is 0 Å². The third kappa shape index (κ3) is 1.29. The van der Waals surface area contributed by atoms with Crippen LogP contribution in [0.4, 0.5) is 0 Å². The molecule has 1 aromatic rings. The maximum atomic E-state index is 12.3. The van der Waals surface area contributed by atoms with Gasteiger partial charge in [0.05, 0.1) is 4.48 Å². The lowest BCUT2D eigenvalue weighted by Crippen LogP contribution is -2.25. The number of fused-ring (bicyclic) bond motifs is 3. The minimum Gasteiger partial charge on any atom is -0.508 e. The van der Waals surface area contributed by atoms with Crippen LogP contribution in [-0.2, 0) is 11.2 Å². The van der Waals surface area contributed by atoms with E-state index in [1.165, 1.54) is 16.7 Å². The average Bonchev–Trinajstić information content (AvgIpc) is 2.93. The summed E-state index contributed by atoms with van der Waals surface area (Å²) in [5.74, 6) is 0.856. The number of benzene rings is 1. The number of Topliss-reactive ketones (excluding diaryl/α,β-unsaturated/α-hetero) is 1. The summed E-state index contributed by atoms with van der Waals surface area (Å²) in [6, 6.07) is 3.74. The number of aromatic hydroxyl groups is 1. The molecule has 0 amide bonds. The monoisotopic (exact) mass is 318 g/mol. The molecule has 2 nitrogen and oxygen atoms in total. The molecule has 3 aliphatic carbocycles. The van der Waals surface area contributed by atoms with Crippen LogP contribution >= 0.6 is 15.9 Å². The van der Waals surface area contributed by atoms with E-state index in [1.807, 2.05) is 13.0 Å². The van der Waals surface area contributed by atoms with Crippen LogP contribution in [0.3, 0.4) is 0 Å². The van der Waals surface area contributed by atoms with Gasteiger partial charge in [-0.15, -0.1) is 0 Å². The zero-order chi connectivity index (χ0) is 13.4. The van der Waals surface area contributed by atoms with Crippen molar-refractivity contribution in [3.63, 3.8) is 0 Å². The first-order valence-electron chi connectivity index (χ1n) is 6.80. The summed E-state index contributed by atoms with van der Waals surface area (Å²) >= 11 is 3.56. The first kappa shape index (κ1) is 11.7. The van der Waals surface area contributed by atoms with Crippen molar-refractivity contribution >= 4 is 27.3 Å². The van der Waals surface area contributed by atoms with Gasteiger partial charge in [0.15, 0.2) is 5.78 Å². The van der Waals surface area contributed by atoms with E-state index in [2.05, 4.69) is 15.9 Å². The second-order valence-corrected chi connectivity index (χ2v) is 6.98. The highest BCUT2D eigenvalue weighted by Gasteiger charge is 2.54. The minimum absolute atomic E-state index is 0.151. The normalized spacial score (nSPS) is 31.7. The van der Waals surface area contributed by atoms with Gasteiger partial charge in [-0.2, -0.15) is 0 Å². The fourth-order valence-corrected chi connectivity index (χ4v) is 5.27. The zero-order valence-electron chi connectivity index (χ0n) is 10.8. The number of rotatable bonds is 0. The van der Waals surface area contributed by atoms with Crippen molar-refractivity contribution in [1.82, 2.24) is 0 Å². The van der Waals surface area contributed by atoms with Crippen molar-refractivity contribution in [2.75, 3.05) is 0 Å². The molecule has 19 heavy (non-hydrogen) atoms. The molecule has 1 aromatic carbocycles. The van der Waals surface area contributed by atoms with Crippen molar-refractivity contribution in [3.05, 3.63) is 33.3 Å². The quantitative estimate of drug-likeness (QED) is 0.791. The molecule has 2 atom stereocenters. The second kappa shape index (κ2) is 3.51. The van der Waals surface area contributed by atoms with Gasteiger partial charge in [0, 0.05) is 11.3 Å². The minimum atomic E-state index is 0.151. The fourth-order valence-electron chi connectivity index (χ4n) is 4.31. The van der Waals surface area contributed by atoms with E-state index in [0.717, 1.165) is 35.7 Å². The van der Waals surface area contributed by atoms with E-state index < -0.39 is 0 Å². The Bertz CT molecular complexity index is 659. The Morgan fingerprint density at radius 2 is 2.21 bits per heavy atom. The van der Waals surface area contributed by atoms with Crippen LogP contribution < -0.4 is 0 Å². The number of carbonyl (C=O) groups is 1. The zero-order valence-corrected chi connectivity index (χ0v) is 12.4. The Labute approximate surface area is 120 Å².